The number of ether oxygens (including phenoxy) is 3. The Morgan fingerprint density at radius 3 is 2.60 bits per heavy atom. The monoisotopic (exact) mass is 420 g/mol. The molecule has 0 spiro atoms. The van der Waals surface area contributed by atoms with E-state index >= 15 is 0 Å². The largest absolute Gasteiger partial charge is 0.467 e. The third-order valence-corrected chi connectivity index (χ3v) is 5.90. The number of carbonyl (C=O) groups excluding carboxylic acids is 1. The molecule has 0 aromatic heterocycles. The number of hydrogen-bond donors (Lipinski definition) is 1. The number of unbranched alkanes of at least 4 members (excludes halogenated alkanes) is 5. The van der Waals surface area contributed by atoms with Crippen molar-refractivity contribution in [2.45, 2.75) is 108 Å². The molecule has 30 heavy (non-hydrogen) atoms. The van der Waals surface area contributed by atoms with E-state index < -0.39 is 12.2 Å². The van der Waals surface area contributed by atoms with Gasteiger partial charge in [0.05, 0.1) is 31.5 Å². The lowest BCUT2D eigenvalue weighted by Crippen LogP contribution is -2.27. The zero-order valence-electron chi connectivity index (χ0n) is 18.5. The van der Waals surface area contributed by atoms with Gasteiger partial charge in [-0.25, -0.2) is 4.79 Å². The average molecular weight is 421 g/mol. The molecular weight excluding hydrogens is 380 g/mol. The van der Waals surface area contributed by atoms with E-state index in [0.29, 0.717) is 12.8 Å². The highest BCUT2D eigenvalue weighted by atomic mass is 16.6. The minimum absolute atomic E-state index is 0.0741. The number of allylic oxidation sites excluding steroid dienone is 5. The van der Waals surface area contributed by atoms with Crippen LogP contribution in [0, 0.1) is 0 Å². The van der Waals surface area contributed by atoms with Crippen LogP contribution in [0.25, 0.3) is 0 Å². The normalized spacial score (nSPS) is 27.0. The van der Waals surface area contributed by atoms with Gasteiger partial charge in [-0.05, 0) is 57.8 Å². The van der Waals surface area contributed by atoms with Crippen molar-refractivity contribution < 1.29 is 24.1 Å². The van der Waals surface area contributed by atoms with Gasteiger partial charge in [-0.2, -0.15) is 0 Å². The van der Waals surface area contributed by atoms with Crippen molar-refractivity contribution >= 4 is 5.97 Å². The maximum absolute atomic E-state index is 11.3. The number of hydrogen-bond acceptors (Lipinski definition) is 5. The molecule has 0 amide bonds. The summed E-state index contributed by atoms with van der Waals surface area (Å²) in [5.41, 5.74) is 0. The molecular formula is C25H40O5. The van der Waals surface area contributed by atoms with Crippen LogP contribution in [0.3, 0.4) is 0 Å². The first-order chi connectivity index (χ1) is 14.7. The highest BCUT2D eigenvalue weighted by Gasteiger charge is 2.46. The third-order valence-electron chi connectivity index (χ3n) is 5.90. The van der Waals surface area contributed by atoms with Crippen molar-refractivity contribution in [2.75, 3.05) is 7.11 Å². The Hall–Kier alpha value is -1.43. The van der Waals surface area contributed by atoms with Gasteiger partial charge in [0, 0.05) is 0 Å². The molecule has 2 heterocycles. The molecule has 1 N–H and O–H groups in total. The first-order valence-corrected chi connectivity index (χ1v) is 11.6. The maximum Gasteiger partial charge on any atom is 0.337 e. The van der Waals surface area contributed by atoms with Crippen LogP contribution < -0.4 is 0 Å². The van der Waals surface area contributed by atoms with Crippen molar-refractivity contribution in [3.05, 3.63) is 37.0 Å². The molecule has 0 aromatic carbocycles. The lowest BCUT2D eigenvalue weighted by molar-refractivity contribution is -0.142. The standard InChI is InChI=1S/C25H40O5/c1-3-4-5-6-7-8-9-10-11-12-13-14-15-20-16-18-22(29-20)21(26)17-19-23-24(30-23)25(27)28-2/h3,6-9,20-24,26H,1,4-5,10-19H2,2H3/b7-6-,9-8-/t20-,21+,22+,23+,24-/m1/s1. The van der Waals surface area contributed by atoms with Crippen LogP contribution >= 0.6 is 0 Å². The predicted molar refractivity (Wildman–Crippen MR) is 119 cm³/mol. The number of carbonyl (C=O) groups is 1. The topological polar surface area (TPSA) is 68.3 Å². The highest BCUT2D eigenvalue weighted by molar-refractivity contribution is 5.77. The lowest BCUT2D eigenvalue weighted by Gasteiger charge is -2.19. The number of aliphatic hydroxyl groups is 1. The first kappa shape index (κ1) is 24.8. The number of esters is 1. The molecule has 5 atom stereocenters. The third kappa shape index (κ3) is 9.59. The summed E-state index contributed by atoms with van der Waals surface area (Å²) in [4.78, 5) is 11.3. The summed E-state index contributed by atoms with van der Waals surface area (Å²) >= 11 is 0. The molecule has 0 aliphatic carbocycles. The van der Waals surface area contributed by atoms with Crippen LogP contribution in [0.5, 0.6) is 0 Å². The Balaban J connectivity index is 1.44. The molecule has 0 bridgehead atoms. The van der Waals surface area contributed by atoms with Gasteiger partial charge >= 0.3 is 5.97 Å². The summed E-state index contributed by atoms with van der Waals surface area (Å²) in [6.45, 7) is 3.72. The molecule has 2 aliphatic rings. The van der Waals surface area contributed by atoms with Crippen LogP contribution in [0.1, 0.15) is 77.0 Å². The van der Waals surface area contributed by atoms with Crippen LogP contribution in [-0.4, -0.2) is 48.7 Å². The smallest absolute Gasteiger partial charge is 0.337 e. The summed E-state index contributed by atoms with van der Waals surface area (Å²) in [6, 6.07) is 0. The second-order valence-electron chi connectivity index (χ2n) is 8.35. The molecule has 0 radical (unpaired) electrons. The molecule has 170 valence electrons. The van der Waals surface area contributed by atoms with E-state index in [9.17, 15) is 9.90 Å². The van der Waals surface area contributed by atoms with E-state index in [1.165, 1.54) is 32.8 Å². The Morgan fingerprint density at radius 2 is 1.83 bits per heavy atom. The van der Waals surface area contributed by atoms with Gasteiger partial charge in [0.25, 0.3) is 0 Å². The van der Waals surface area contributed by atoms with Gasteiger partial charge in [-0.15, -0.1) is 6.58 Å². The van der Waals surface area contributed by atoms with Gasteiger partial charge in [-0.3, -0.25) is 0 Å². The molecule has 0 saturated carbocycles. The fourth-order valence-corrected chi connectivity index (χ4v) is 3.99. The van der Waals surface area contributed by atoms with E-state index in [2.05, 4.69) is 35.6 Å². The minimum Gasteiger partial charge on any atom is -0.467 e. The minimum atomic E-state index is -0.477. The van der Waals surface area contributed by atoms with Crippen LogP contribution in [0.4, 0.5) is 0 Å². The lowest BCUT2D eigenvalue weighted by atomic mass is 10.0. The van der Waals surface area contributed by atoms with Gasteiger partial charge < -0.3 is 19.3 Å². The number of rotatable bonds is 16. The molecule has 0 aromatic rings. The Kier molecular flexibility index (Phi) is 12.0. The maximum atomic E-state index is 11.3. The summed E-state index contributed by atoms with van der Waals surface area (Å²) in [5.74, 6) is -0.321. The predicted octanol–water partition coefficient (Wildman–Crippen LogP) is 5.03. The fraction of sp³-hybridized carbons (Fsp3) is 0.720. The fourth-order valence-electron chi connectivity index (χ4n) is 3.99. The van der Waals surface area contributed by atoms with Crippen molar-refractivity contribution in [3.63, 3.8) is 0 Å². The van der Waals surface area contributed by atoms with Crippen LogP contribution in [-0.2, 0) is 19.0 Å². The van der Waals surface area contributed by atoms with Crippen molar-refractivity contribution in [1.82, 2.24) is 0 Å². The summed E-state index contributed by atoms with van der Waals surface area (Å²) in [5, 5.41) is 10.4. The average Bonchev–Trinajstić information content (AvgIpc) is 3.39. The molecule has 2 aliphatic heterocycles. The van der Waals surface area contributed by atoms with E-state index in [-0.39, 0.29) is 24.3 Å². The molecule has 2 fully saturated rings. The van der Waals surface area contributed by atoms with Gasteiger partial charge in [0.1, 0.15) is 0 Å². The van der Waals surface area contributed by atoms with Crippen molar-refractivity contribution in [2.24, 2.45) is 0 Å². The SMILES string of the molecule is C=CCC/C=C\C=C/CCCCCC[C@@H]1CC[C@@H]([C@@H](O)CC[C@@H]2O[C@H]2C(=O)OC)O1. The zero-order valence-corrected chi connectivity index (χ0v) is 18.5. The Labute approximate surface area is 182 Å². The quantitative estimate of drug-likeness (QED) is 0.125. The molecule has 2 rings (SSSR count). The number of epoxide rings is 1. The molecule has 5 heteroatoms. The molecule has 2 saturated heterocycles. The van der Waals surface area contributed by atoms with E-state index in [1.54, 1.807) is 0 Å². The summed E-state index contributed by atoms with van der Waals surface area (Å²) < 4.78 is 16.0. The van der Waals surface area contributed by atoms with Gasteiger partial charge in [0.15, 0.2) is 6.10 Å². The zero-order chi connectivity index (χ0) is 21.6. The summed E-state index contributed by atoms with van der Waals surface area (Å²) in [7, 11) is 1.37. The van der Waals surface area contributed by atoms with E-state index in [1.807, 2.05) is 6.08 Å². The second kappa shape index (κ2) is 14.6. The van der Waals surface area contributed by atoms with Crippen molar-refractivity contribution in [3.8, 4) is 0 Å². The first-order valence-electron chi connectivity index (χ1n) is 11.6. The van der Waals surface area contributed by atoms with E-state index in [0.717, 1.165) is 38.5 Å². The molecule has 0 unspecified atom stereocenters. The Bertz CT molecular complexity index is 556. The van der Waals surface area contributed by atoms with Crippen molar-refractivity contribution in [1.29, 1.82) is 0 Å². The second-order valence-corrected chi connectivity index (χ2v) is 8.35. The van der Waals surface area contributed by atoms with E-state index in [4.69, 9.17) is 9.47 Å². The van der Waals surface area contributed by atoms with Crippen LogP contribution in [0.15, 0.2) is 37.0 Å². The highest BCUT2D eigenvalue weighted by Crippen LogP contribution is 2.31. The van der Waals surface area contributed by atoms with Crippen LogP contribution in [0.2, 0.25) is 0 Å². The summed E-state index contributed by atoms with van der Waals surface area (Å²) in [6.07, 6.45) is 22.3. The van der Waals surface area contributed by atoms with Gasteiger partial charge in [0.2, 0.25) is 0 Å². The Morgan fingerprint density at radius 1 is 1.07 bits per heavy atom. The number of aliphatic hydroxyl groups excluding tert-OH is 1. The molecule has 5 nitrogen and oxygen atoms in total. The van der Waals surface area contributed by atoms with Gasteiger partial charge in [-0.1, -0.05) is 49.6 Å². The number of methoxy groups -OCH3 is 1.